The number of aryl methyl sites for hydroxylation is 2. The van der Waals surface area contributed by atoms with Gasteiger partial charge in [0, 0.05) is 6.08 Å². The summed E-state index contributed by atoms with van der Waals surface area (Å²) >= 11 is 0. The SMILES string of the molecule is Cc1cc(/C=C/C(=O)O)c2c(C)ccc(C(C)C)cc1-2. The highest BCUT2D eigenvalue weighted by Gasteiger charge is 2.14. The van der Waals surface area contributed by atoms with E-state index in [9.17, 15) is 4.79 Å². The van der Waals surface area contributed by atoms with Crippen molar-refractivity contribution in [1.29, 1.82) is 0 Å². The van der Waals surface area contributed by atoms with Gasteiger partial charge in [0.05, 0.1) is 0 Å². The lowest BCUT2D eigenvalue weighted by Gasteiger charge is -2.04. The molecule has 0 saturated heterocycles. The Morgan fingerprint density at radius 1 is 1.15 bits per heavy atom. The summed E-state index contributed by atoms with van der Waals surface area (Å²) in [5, 5.41) is 8.80. The van der Waals surface area contributed by atoms with Crippen LogP contribution < -0.4 is 0 Å². The fourth-order valence-electron chi connectivity index (χ4n) is 2.53. The lowest BCUT2D eigenvalue weighted by atomic mass is 10.0. The van der Waals surface area contributed by atoms with Crippen molar-refractivity contribution >= 4 is 12.0 Å². The van der Waals surface area contributed by atoms with Crippen LogP contribution in [0.5, 0.6) is 0 Å². The molecule has 1 N–H and O–H groups in total. The van der Waals surface area contributed by atoms with E-state index in [1.807, 2.05) is 0 Å². The van der Waals surface area contributed by atoms with E-state index in [2.05, 4.69) is 52.0 Å². The molecule has 0 aromatic carbocycles. The maximum Gasteiger partial charge on any atom is 0.328 e. The molecule has 0 aromatic heterocycles. The van der Waals surface area contributed by atoms with Crippen LogP contribution in [0.15, 0.2) is 30.3 Å². The smallest absolute Gasteiger partial charge is 0.328 e. The standard InChI is InChI=1S/C18H20O2/c1-11(2)14-6-5-12(3)18-15(7-8-17(19)20)9-13(4)16(18)10-14/h5-11H,1-4H3,(H,19,20)/b8-7+. The summed E-state index contributed by atoms with van der Waals surface area (Å²) in [6, 6.07) is 8.56. The normalized spacial score (nSPS) is 11.7. The third-order valence-corrected chi connectivity index (χ3v) is 3.66. The number of carbonyl (C=O) groups is 1. The molecule has 0 aliphatic heterocycles. The van der Waals surface area contributed by atoms with Crippen LogP contribution in [-0.2, 0) is 4.79 Å². The van der Waals surface area contributed by atoms with Gasteiger partial charge >= 0.3 is 5.97 Å². The molecule has 2 aliphatic carbocycles. The molecule has 2 nitrogen and oxygen atoms in total. The summed E-state index contributed by atoms with van der Waals surface area (Å²) < 4.78 is 0. The maximum atomic E-state index is 10.7. The lowest BCUT2D eigenvalue weighted by molar-refractivity contribution is -0.131. The molecular weight excluding hydrogens is 248 g/mol. The Hall–Kier alpha value is -2.09. The van der Waals surface area contributed by atoms with Crippen molar-refractivity contribution in [3.63, 3.8) is 0 Å². The minimum Gasteiger partial charge on any atom is -0.478 e. The zero-order valence-electron chi connectivity index (χ0n) is 12.4. The van der Waals surface area contributed by atoms with Crippen LogP contribution >= 0.6 is 0 Å². The van der Waals surface area contributed by atoms with Gasteiger partial charge in [0.2, 0.25) is 0 Å². The fourth-order valence-corrected chi connectivity index (χ4v) is 2.53. The maximum absolute atomic E-state index is 10.7. The van der Waals surface area contributed by atoms with Crippen molar-refractivity contribution in [1.82, 2.24) is 0 Å². The van der Waals surface area contributed by atoms with Crippen molar-refractivity contribution in [2.45, 2.75) is 33.6 Å². The van der Waals surface area contributed by atoms with Gasteiger partial charge in [-0.05, 0) is 59.2 Å². The highest BCUT2D eigenvalue weighted by atomic mass is 16.4. The third kappa shape index (κ3) is 2.74. The Morgan fingerprint density at radius 3 is 2.45 bits per heavy atom. The van der Waals surface area contributed by atoms with Gasteiger partial charge in [-0.25, -0.2) is 4.79 Å². The number of hydrogen-bond donors (Lipinski definition) is 1. The van der Waals surface area contributed by atoms with Crippen LogP contribution in [0.1, 0.15) is 42.0 Å². The van der Waals surface area contributed by atoms with Crippen molar-refractivity contribution in [2.75, 3.05) is 0 Å². The average Bonchev–Trinajstić information content (AvgIpc) is 2.55. The van der Waals surface area contributed by atoms with E-state index in [0.717, 1.165) is 11.1 Å². The molecule has 0 amide bonds. The fraction of sp³-hybridized carbons (Fsp3) is 0.278. The quantitative estimate of drug-likeness (QED) is 0.824. The molecule has 2 heteroatoms. The van der Waals surface area contributed by atoms with E-state index < -0.39 is 5.97 Å². The molecule has 0 radical (unpaired) electrons. The van der Waals surface area contributed by atoms with Gasteiger partial charge in [-0.15, -0.1) is 0 Å². The number of fused-ring (bicyclic) bond motifs is 1. The van der Waals surface area contributed by atoms with E-state index in [1.165, 1.54) is 28.3 Å². The predicted octanol–water partition coefficient (Wildman–Crippen LogP) is 4.63. The second-order valence-electron chi connectivity index (χ2n) is 5.56. The molecule has 0 atom stereocenters. The zero-order valence-corrected chi connectivity index (χ0v) is 12.4. The second-order valence-corrected chi connectivity index (χ2v) is 5.56. The van der Waals surface area contributed by atoms with Crippen molar-refractivity contribution in [3.8, 4) is 11.1 Å². The summed E-state index contributed by atoms with van der Waals surface area (Å²) in [6.45, 7) is 8.51. The van der Waals surface area contributed by atoms with Crippen LogP contribution in [-0.4, -0.2) is 11.1 Å². The van der Waals surface area contributed by atoms with Crippen LogP contribution in [0.25, 0.3) is 17.2 Å². The van der Waals surface area contributed by atoms with Crippen molar-refractivity contribution in [2.24, 2.45) is 0 Å². The molecule has 20 heavy (non-hydrogen) atoms. The van der Waals surface area contributed by atoms with Crippen LogP contribution in [0.3, 0.4) is 0 Å². The Kier molecular flexibility index (Phi) is 3.93. The molecule has 0 saturated carbocycles. The number of rotatable bonds is 3. The third-order valence-electron chi connectivity index (χ3n) is 3.66. The largest absolute Gasteiger partial charge is 0.478 e. The molecule has 104 valence electrons. The molecule has 2 aliphatic rings. The van der Waals surface area contributed by atoms with Crippen molar-refractivity contribution in [3.05, 3.63) is 52.6 Å². The van der Waals surface area contributed by atoms with E-state index in [4.69, 9.17) is 5.11 Å². The van der Waals surface area contributed by atoms with Gasteiger partial charge in [-0.2, -0.15) is 0 Å². The monoisotopic (exact) mass is 268 g/mol. The van der Waals surface area contributed by atoms with E-state index in [1.54, 1.807) is 6.08 Å². The molecule has 0 bridgehead atoms. The first-order chi connectivity index (χ1) is 9.40. The van der Waals surface area contributed by atoms with Crippen LogP contribution in [0.2, 0.25) is 0 Å². The molecule has 0 spiro atoms. The first-order valence-corrected chi connectivity index (χ1v) is 6.85. The molecule has 0 fully saturated rings. The highest BCUT2D eigenvalue weighted by Crippen LogP contribution is 2.36. The topological polar surface area (TPSA) is 37.3 Å². The summed E-state index contributed by atoms with van der Waals surface area (Å²) in [4.78, 5) is 10.7. The lowest BCUT2D eigenvalue weighted by Crippen LogP contribution is -1.86. The number of carboxylic acid groups (broad SMARTS) is 1. The van der Waals surface area contributed by atoms with Crippen LogP contribution in [0, 0.1) is 13.8 Å². The first-order valence-electron chi connectivity index (χ1n) is 6.85. The van der Waals surface area contributed by atoms with Gasteiger partial charge in [0.15, 0.2) is 0 Å². The minimum atomic E-state index is -0.919. The molecular formula is C18H20O2. The molecule has 0 unspecified atom stereocenters. The molecule has 0 heterocycles. The number of aliphatic carboxylic acids is 1. The van der Waals surface area contributed by atoms with Gasteiger partial charge < -0.3 is 5.11 Å². The van der Waals surface area contributed by atoms with Gasteiger partial charge in [0.25, 0.3) is 0 Å². The number of hydrogen-bond acceptors (Lipinski definition) is 1. The first kappa shape index (κ1) is 14.3. The second kappa shape index (κ2) is 5.49. The van der Waals surface area contributed by atoms with E-state index >= 15 is 0 Å². The Bertz CT molecular complexity index is 651. The summed E-state index contributed by atoms with van der Waals surface area (Å²) in [7, 11) is 0. The minimum absolute atomic E-state index is 0.470. The summed E-state index contributed by atoms with van der Waals surface area (Å²) in [5.41, 5.74) is 6.98. The predicted molar refractivity (Wildman–Crippen MR) is 83.3 cm³/mol. The average molecular weight is 268 g/mol. The Morgan fingerprint density at radius 2 is 1.85 bits per heavy atom. The van der Waals surface area contributed by atoms with Crippen LogP contribution in [0.4, 0.5) is 0 Å². The zero-order chi connectivity index (χ0) is 14.9. The summed E-state index contributed by atoms with van der Waals surface area (Å²) in [5.74, 6) is -0.449. The van der Waals surface area contributed by atoms with Gasteiger partial charge in [-0.3, -0.25) is 0 Å². The van der Waals surface area contributed by atoms with Crippen molar-refractivity contribution < 1.29 is 9.90 Å². The Labute approximate surface area is 120 Å². The summed E-state index contributed by atoms with van der Waals surface area (Å²) in [6.07, 6.45) is 2.88. The molecule has 2 rings (SSSR count). The van der Waals surface area contributed by atoms with E-state index in [0.29, 0.717) is 5.92 Å². The number of carboxylic acids is 1. The molecule has 0 aromatic rings. The highest BCUT2D eigenvalue weighted by molar-refractivity contribution is 5.90. The van der Waals surface area contributed by atoms with Gasteiger partial charge in [0.1, 0.15) is 0 Å². The van der Waals surface area contributed by atoms with E-state index in [-0.39, 0.29) is 0 Å². The van der Waals surface area contributed by atoms with Gasteiger partial charge in [-0.1, -0.05) is 38.1 Å². The Balaban J connectivity index is 2.66.